The standard InChI is InChI=1S/C18H28N2O4S/c1-14(2)24-17-11-9-15(10-12-17)19-18(21)13-20(25(3,22)23)16-7-5-4-6-8-16/h9-12,14,16H,4-8,13H2,1-3H3,(H,19,21). The van der Waals surface area contributed by atoms with E-state index in [1.807, 2.05) is 13.8 Å². The van der Waals surface area contributed by atoms with Gasteiger partial charge in [0.05, 0.1) is 18.9 Å². The molecule has 7 heteroatoms. The van der Waals surface area contributed by atoms with E-state index in [0.717, 1.165) is 37.9 Å². The van der Waals surface area contributed by atoms with Gasteiger partial charge in [-0.05, 0) is 51.0 Å². The molecule has 1 aromatic carbocycles. The van der Waals surface area contributed by atoms with Gasteiger partial charge >= 0.3 is 0 Å². The summed E-state index contributed by atoms with van der Waals surface area (Å²) in [6, 6.07) is 6.99. The number of hydrogen-bond acceptors (Lipinski definition) is 4. The largest absolute Gasteiger partial charge is 0.491 e. The van der Waals surface area contributed by atoms with Crippen LogP contribution in [0.25, 0.3) is 0 Å². The summed E-state index contributed by atoms with van der Waals surface area (Å²) in [5, 5.41) is 2.76. The van der Waals surface area contributed by atoms with Crippen LogP contribution >= 0.6 is 0 Å². The first-order valence-electron chi connectivity index (χ1n) is 8.79. The fraction of sp³-hybridized carbons (Fsp3) is 0.611. The fourth-order valence-electron chi connectivity index (χ4n) is 3.12. The van der Waals surface area contributed by atoms with Crippen LogP contribution in [0.5, 0.6) is 5.75 Å². The average molecular weight is 368 g/mol. The van der Waals surface area contributed by atoms with E-state index in [2.05, 4.69) is 5.32 Å². The fourth-order valence-corrected chi connectivity index (χ4v) is 4.22. The molecule has 6 nitrogen and oxygen atoms in total. The van der Waals surface area contributed by atoms with Gasteiger partial charge in [-0.1, -0.05) is 19.3 Å². The Hall–Kier alpha value is -1.60. The molecular weight excluding hydrogens is 340 g/mol. The Morgan fingerprint density at radius 2 is 1.80 bits per heavy atom. The Morgan fingerprint density at radius 1 is 1.20 bits per heavy atom. The smallest absolute Gasteiger partial charge is 0.239 e. The lowest BCUT2D eigenvalue weighted by Crippen LogP contribution is -2.45. The van der Waals surface area contributed by atoms with Crippen LogP contribution in [-0.2, 0) is 14.8 Å². The van der Waals surface area contributed by atoms with Crippen LogP contribution in [0.4, 0.5) is 5.69 Å². The molecule has 140 valence electrons. The highest BCUT2D eigenvalue weighted by molar-refractivity contribution is 7.88. The first kappa shape index (κ1) is 19.7. The molecule has 1 aliphatic rings. The number of hydrogen-bond donors (Lipinski definition) is 1. The Bertz CT molecular complexity index is 665. The molecule has 0 saturated heterocycles. The summed E-state index contributed by atoms with van der Waals surface area (Å²) in [4.78, 5) is 12.3. The average Bonchev–Trinajstić information content (AvgIpc) is 2.54. The number of nitrogens with zero attached hydrogens (tertiary/aromatic N) is 1. The molecule has 0 unspecified atom stereocenters. The number of sulfonamides is 1. The minimum absolute atomic E-state index is 0.0729. The van der Waals surface area contributed by atoms with Gasteiger partial charge in [-0.3, -0.25) is 4.79 Å². The second-order valence-electron chi connectivity index (χ2n) is 6.84. The summed E-state index contributed by atoms with van der Waals surface area (Å²) in [5.74, 6) is 0.404. The quantitative estimate of drug-likeness (QED) is 0.803. The zero-order valence-corrected chi connectivity index (χ0v) is 16.0. The van der Waals surface area contributed by atoms with Crippen molar-refractivity contribution in [3.05, 3.63) is 24.3 Å². The highest BCUT2D eigenvalue weighted by Gasteiger charge is 2.29. The molecule has 0 spiro atoms. The van der Waals surface area contributed by atoms with Crippen molar-refractivity contribution in [2.24, 2.45) is 0 Å². The van der Waals surface area contributed by atoms with Crippen LogP contribution in [0.3, 0.4) is 0 Å². The first-order chi connectivity index (χ1) is 11.8. The molecule has 1 N–H and O–H groups in total. The van der Waals surface area contributed by atoms with Gasteiger partial charge in [0.15, 0.2) is 0 Å². The molecular formula is C18H28N2O4S. The summed E-state index contributed by atoms with van der Waals surface area (Å²) >= 11 is 0. The summed E-state index contributed by atoms with van der Waals surface area (Å²) in [6.07, 6.45) is 6.05. The molecule has 25 heavy (non-hydrogen) atoms. The molecule has 2 rings (SSSR count). The van der Waals surface area contributed by atoms with Crippen molar-refractivity contribution < 1.29 is 17.9 Å². The Labute approximate surface area is 150 Å². The number of amides is 1. The summed E-state index contributed by atoms with van der Waals surface area (Å²) in [6.45, 7) is 3.75. The van der Waals surface area contributed by atoms with Gasteiger partial charge in [0.25, 0.3) is 0 Å². The van der Waals surface area contributed by atoms with Gasteiger partial charge < -0.3 is 10.1 Å². The predicted octanol–water partition coefficient (Wildman–Crippen LogP) is 3.01. The molecule has 1 fully saturated rings. The summed E-state index contributed by atoms with van der Waals surface area (Å²) < 4.78 is 31.1. The van der Waals surface area contributed by atoms with E-state index in [0.29, 0.717) is 5.69 Å². The zero-order valence-electron chi connectivity index (χ0n) is 15.2. The maximum atomic E-state index is 12.3. The molecule has 0 aliphatic heterocycles. The molecule has 0 atom stereocenters. The van der Waals surface area contributed by atoms with Crippen molar-refractivity contribution in [1.29, 1.82) is 0 Å². The lowest BCUT2D eigenvalue weighted by molar-refractivity contribution is -0.116. The lowest BCUT2D eigenvalue weighted by Gasteiger charge is -2.31. The van der Waals surface area contributed by atoms with Gasteiger partial charge in [0, 0.05) is 11.7 Å². The Balaban J connectivity index is 1.98. The molecule has 0 heterocycles. The van der Waals surface area contributed by atoms with Crippen molar-refractivity contribution >= 4 is 21.6 Å². The molecule has 0 radical (unpaired) electrons. The topological polar surface area (TPSA) is 75.7 Å². The molecule has 1 aromatic rings. The highest BCUT2D eigenvalue weighted by atomic mass is 32.2. The van der Waals surface area contributed by atoms with E-state index in [1.54, 1.807) is 24.3 Å². The monoisotopic (exact) mass is 368 g/mol. The van der Waals surface area contributed by atoms with Gasteiger partial charge in [0.1, 0.15) is 5.75 Å². The molecule has 0 bridgehead atoms. The lowest BCUT2D eigenvalue weighted by atomic mass is 9.95. The summed E-state index contributed by atoms with van der Waals surface area (Å²) in [5.41, 5.74) is 0.623. The maximum Gasteiger partial charge on any atom is 0.239 e. The summed E-state index contributed by atoms with van der Waals surface area (Å²) in [7, 11) is -3.42. The van der Waals surface area contributed by atoms with E-state index in [4.69, 9.17) is 4.74 Å². The first-order valence-corrected chi connectivity index (χ1v) is 10.6. The van der Waals surface area contributed by atoms with Gasteiger partial charge in [0.2, 0.25) is 15.9 Å². The number of benzene rings is 1. The van der Waals surface area contributed by atoms with E-state index in [9.17, 15) is 13.2 Å². The number of carbonyl (C=O) groups excluding carboxylic acids is 1. The van der Waals surface area contributed by atoms with Crippen LogP contribution < -0.4 is 10.1 Å². The minimum Gasteiger partial charge on any atom is -0.491 e. The predicted molar refractivity (Wildman–Crippen MR) is 99.3 cm³/mol. The normalized spacial score (nSPS) is 16.2. The van der Waals surface area contributed by atoms with Crippen molar-refractivity contribution in [1.82, 2.24) is 4.31 Å². The van der Waals surface area contributed by atoms with Crippen molar-refractivity contribution in [2.45, 2.75) is 58.1 Å². The minimum atomic E-state index is -3.42. The van der Waals surface area contributed by atoms with E-state index in [-0.39, 0.29) is 24.6 Å². The third-order valence-electron chi connectivity index (χ3n) is 4.22. The van der Waals surface area contributed by atoms with Gasteiger partial charge in [-0.2, -0.15) is 4.31 Å². The van der Waals surface area contributed by atoms with E-state index < -0.39 is 10.0 Å². The second kappa shape index (κ2) is 8.67. The maximum absolute atomic E-state index is 12.3. The van der Waals surface area contributed by atoms with Crippen LogP contribution in [0.15, 0.2) is 24.3 Å². The van der Waals surface area contributed by atoms with E-state index in [1.165, 1.54) is 10.6 Å². The number of anilines is 1. The molecule has 0 aromatic heterocycles. The van der Waals surface area contributed by atoms with E-state index >= 15 is 0 Å². The molecule has 1 saturated carbocycles. The highest BCUT2D eigenvalue weighted by Crippen LogP contribution is 2.24. The van der Waals surface area contributed by atoms with Gasteiger partial charge in [-0.25, -0.2) is 8.42 Å². The third kappa shape index (κ3) is 6.32. The van der Waals surface area contributed by atoms with Crippen LogP contribution in [-0.4, -0.2) is 43.6 Å². The van der Waals surface area contributed by atoms with Crippen LogP contribution in [0, 0.1) is 0 Å². The molecule has 1 amide bonds. The van der Waals surface area contributed by atoms with Crippen molar-refractivity contribution in [2.75, 3.05) is 18.1 Å². The van der Waals surface area contributed by atoms with Crippen LogP contribution in [0.1, 0.15) is 46.0 Å². The number of nitrogens with one attached hydrogen (secondary N) is 1. The van der Waals surface area contributed by atoms with Gasteiger partial charge in [-0.15, -0.1) is 0 Å². The number of carbonyl (C=O) groups is 1. The number of rotatable bonds is 7. The molecule has 1 aliphatic carbocycles. The van der Waals surface area contributed by atoms with Crippen molar-refractivity contribution in [3.63, 3.8) is 0 Å². The van der Waals surface area contributed by atoms with Crippen molar-refractivity contribution in [3.8, 4) is 5.75 Å². The zero-order chi connectivity index (χ0) is 18.4. The SMILES string of the molecule is CC(C)Oc1ccc(NC(=O)CN(C2CCCCC2)S(C)(=O)=O)cc1. The second-order valence-corrected chi connectivity index (χ2v) is 8.77. The van der Waals surface area contributed by atoms with Crippen LogP contribution in [0.2, 0.25) is 0 Å². The third-order valence-corrected chi connectivity index (χ3v) is 5.50. The number of ether oxygens (including phenoxy) is 1. The Kier molecular flexibility index (Phi) is 6.84. The Morgan fingerprint density at radius 3 is 2.32 bits per heavy atom.